The monoisotopic (exact) mass is 298 g/mol. The molecule has 0 saturated carbocycles. The fraction of sp³-hybridized carbons (Fsp3) is 0.214. The number of nitrogen functional groups attached to an aromatic ring is 1. The van der Waals surface area contributed by atoms with Crippen molar-refractivity contribution in [3.63, 3.8) is 0 Å². The van der Waals surface area contributed by atoms with E-state index in [0.717, 1.165) is 12.1 Å². The molecule has 7 heteroatoms. The van der Waals surface area contributed by atoms with E-state index in [2.05, 4.69) is 5.32 Å². The average Bonchev–Trinajstić information content (AvgIpc) is 2.69. The predicted octanol–water partition coefficient (Wildman–Crippen LogP) is 3.75. The molecule has 0 aliphatic heterocycles. The maximum atomic E-state index is 12.9. The highest BCUT2D eigenvalue weighted by molar-refractivity contribution is 6.05. The molecule has 3 N–H and O–H groups in total. The van der Waals surface area contributed by atoms with Crippen LogP contribution in [0.5, 0.6) is 0 Å². The van der Waals surface area contributed by atoms with Gasteiger partial charge in [0.2, 0.25) is 0 Å². The second-order valence-electron chi connectivity index (χ2n) is 4.58. The minimum atomic E-state index is -4.61. The smallest absolute Gasteiger partial charge is 0.418 e. The molecule has 0 saturated heterocycles. The lowest BCUT2D eigenvalue weighted by atomic mass is 10.1. The van der Waals surface area contributed by atoms with Crippen LogP contribution in [0.2, 0.25) is 0 Å². The highest BCUT2D eigenvalue weighted by Gasteiger charge is 2.34. The summed E-state index contributed by atoms with van der Waals surface area (Å²) in [6, 6.07) is 4.66. The zero-order valence-corrected chi connectivity index (χ0v) is 11.3. The van der Waals surface area contributed by atoms with Gasteiger partial charge in [0.1, 0.15) is 11.5 Å². The van der Waals surface area contributed by atoms with Crippen LogP contribution < -0.4 is 11.1 Å². The van der Waals surface area contributed by atoms with Crippen molar-refractivity contribution in [1.29, 1.82) is 0 Å². The molecule has 0 unspecified atom stereocenters. The Kier molecular flexibility index (Phi) is 3.67. The molecule has 0 spiro atoms. The molecular weight excluding hydrogens is 285 g/mol. The Morgan fingerprint density at radius 2 is 1.90 bits per heavy atom. The maximum absolute atomic E-state index is 12.9. The number of hydrogen-bond donors (Lipinski definition) is 2. The Bertz CT molecular complexity index is 690. The lowest BCUT2D eigenvalue weighted by molar-refractivity contribution is -0.136. The van der Waals surface area contributed by atoms with E-state index in [1.165, 1.54) is 12.1 Å². The van der Waals surface area contributed by atoms with Gasteiger partial charge < -0.3 is 15.5 Å². The Hall–Kier alpha value is -2.44. The number of amides is 1. The number of halogens is 3. The van der Waals surface area contributed by atoms with Crippen LogP contribution in [0.4, 0.5) is 24.5 Å². The average molecular weight is 298 g/mol. The van der Waals surface area contributed by atoms with Crippen LogP contribution in [0.15, 0.2) is 28.7 Å². The van der Waals surface area contributed by atoms with E-state index in [4.69, 9.17) is 10.2 Å². The molecular formula is C14H13F3N2O2. The van der Waals surface area contributed by atoms with Crippen LogP contribution >= 0.6 is 0 Å². The standard InChI is InChI=1S/C14H13F3N2O2/c1-7-5-10(8(2)21-7)13(20)19-12-4-3-9(18)6-11(12)14(15,16)17/h3-6H,18H2,1-2H3,(H,19,20). The van der Waals surface area contributed by atoms with Gasteiger partial charge in [-0.1, -0.05) is 0 Å². The summed E-state index contributed by atoms with van der Waals surface area (Å²) >= 11 is 0. The van der Waals surface area contributed by atoms with Crippen molar-refractivity contribution in [1.82, 2.24) is 0 Å². The van der Waals surface area contributed by atoms with E-state index < -0.39 is 17.6 Å². The first kappa shape index (κ1) is 15.0. The number of nitrogens with two attached hydrogens (primary N) is 1. The summed E-state index contributed by atoms with van der Waals surface area (Å²) in [6.45, 7) is 3.21. The first-order valence-corrected chi connectivity index (χ1v) is 6.03. The Labute approximate surface area is 118 Å². The number of alkyl halides is 3. The molecule has 1 heterocycles. The maximum Gasteiger partial charge on any atom is 0.418 e. The molecule has 1 aromatic heterocycles. The molecule has 0 bridgehead atoms. The Morgan fingerprint density at radius 3 is 2.43 bits per heavy atom. The summed E-state index contributed by atoms with van der Waals surface area (Å²) in [5.41, 5.74) is 4.19. The summed E-state index contributed by atoms with van der Waals surface area (Å²) in [6.07, 6.45) is -4.61. The fourth-order valence-electron chi connectivity index (χ4n) is 1.95. The first-order chi connectivity index (χ1) is 9.68. The van der Waals surface area contributed by atoms with Gasteiger partial charge >= 0.3 is 6.18 Å². The lowest BCUT2D eigenvalue weighted by Gasteiger charge is -2.14. The molecule has 0 aliphatic rings. The normalized spacial score (nSPS) is 11.5. The number of furan rings is 1. The molecule has 112 valence electrons. The molecule has 0 atom stereocenters. The van der Waals surface area contributed by atoms with Crippen molar-refractivity contribution in [3.05, 3.63) is 46.9 Å². The number of nitrogens with one attached hydrogen (secondary N) is 1. The summed E-state index contributed by atoms with van der Waals surface area (Å²) in [5, 5.41) is 2.24. The molecule has 0 radical (unpaired) electrons. The molecule has 1 aromatic carbocycles. The van der Waals surface area contributed by atoms with Gasteiger partial charge in [-0.05, 0) is 38.1 Å². The van der Waals surface area contributed by atoms with Crippen LogP contribution in [0.1, 0.15) is 27.4 Å². The van der Waals surface area contributed by atoms with Gasteiger partial charge in [0.15, 0.2) is 0 Å². The molecule has 0 fully saturated rings. The van der Waals surface area contributed by atoms with Crippen molar-refractivity contribution >= 4 is 17.3 Å². The van der Waals surface area contributed by atoms with E-state index in [9.17, 15) is 18.0 Å². The topological polar surface area (TPSA) is 68.3 Å². The zero-order chi connectivity index (χ0) is 15.8. The van der Waals surface area contributed by atoms with Gasteiger partial charge in [-0.3, -0.25) is 4.79 Å². The van der Waals surface area contributed by atoms with E-state index in [-0.39, 0.29) is 16.9 Å². The third-order valence-corrected chi connectivity index (χ3v) is 2.88. The molecule has 2 rings (SSSR count). The first-order valence-electron chi connectivity index (χ1n) is 6.03. The van der Waals surface area contributed by atoms with Gasteiger partial charge in [-0.15, -0.1) is 0 Å². The quantitative estimate of drug-likeness (QED) is 0.830. The third-order valence-electron chi connectivity index (χ3n) is 2.88. The number of carbonyl (C=O) groups excluding carboxylic acids is 1. The van der Waals surface area contributed by atoms with Crippen LogP contribution in [0.3, 0.4) is 0 Å². The van der Waals surface area contributed by atoms with Gasteiger partial charge in [0, 0.05) is 5.69 Å². The van der Waals surface area contributed by atoms with Crippen LogP contribution in [0, 0.1) is 13.8 Å². The minimum Gasteiger partial charge on any atom is -0.466 e. The largest absolute Gasteiger partial charge is 0.466 e. The summed E-state index contributed by atoms with van der Waals surface area (Å²) in [4.78, 5) is 12.0. The number of aryl methyl sites for hydroxylation is 2. The molecule has 4 nitrogen and oxygen atoms in total. The number of anilines is 2. The van der Waals surface area contributed by atoms with E-state index in [1.54, 1.807) is 13.8 Å². The van der Waals surface area contributed by atoms with Crippen molar-refractivity contribution in [2.24, 2.45) is 0 Å². The van der Waals surface area contributed by atoms with Crippen LogP contribution in [-0.4, -0.2) is 5.91 Å². The number of hydrogen-bond acceptors (Lipinski definition) is 3. The highest BCUT2D eigenvalue weighted by Crippen LogP contribution is 2.36. The molecule has 2 aromatic rings. The second-order valence-corrected chi connectivity index (χ2v) is 4.58. The van der Waals surface area contributed by atoms with Crippen molar-refractivity contribution < 1.29 is 22.4 Å². The van der Waals surface area contributed by atoms with Crippen LogP contribution in [-0.2, 0) is 6.18 Å². The van der Waals surface area contributed by atoms with Crippen molar-refractivity contribution in [2.75, 3.05) is 11.1 Å². The van der Waals surface area contributed by atoms with Gasteiger partial charge in [0.05, 0.1) is 16.8 Å². The highest BCUT2D eigenvalue weighted by atomic mass is 19.4. The minimum absolute atomic E-state index is 0.0318. The van der Waals surface area contributed by atoms with Crippen molar-refractivity contribution in [2.45, 2.75) is 20.0 Å². The number of rotatable bonds is 2. The number of benzene rings is 1. The lowest BCUT2D eigenvalue weighted by Crippen LogP contribution is -2.17. The molecule has 21 heavy (non-hydrogen) atoms. The van der Waals surface area contributed by atoms with Crippen LogP contribution in [0.25, 0.3) is 0 Å². The van der Waals surface area contributed by atoms with Crippen molar-refractivity contribution in [3.8, 4) is 0 Å². The van der Waals surface area contributed by atoms with E-state index >= 15 is 0 Å². The second kappa shape index (κ2) is 5.16. The predicted molar refractivity (Wildman–Crippen MR) is 72.0 cm³/mol. The van der Waals surface area contributed by atoms with Gasteiger partial charge in [-0.2, -0.15) is 13.2 Å². The Balaban J connectivity index is 2.36. The zero-order valence-electron chi connectivity index (χ0n) is 11.3. The third kappa shape index (κ3) is 3.18. The summed E-state index contributed by atoms with van der Waals surface area (Å²) in [5.74, 6) is 0.180. The Morgan fingerprint density at radius 1 is 1.24 bits per heavy atom. The summed E-state index contributed by atoms with van der Waals surface area (Å²) < 4.78 is 44.0. The van der Waals surface area contributed by atoms with E-state index in [1.807, 2.05) is 0 Å². The summed E-state index contributed by atoms with van der Waals surface area (Å²) in [7, 11) is 0. The van der Waals surface area contributed by atoms with Gasteiger partial charge in [0.25, 0.3) is 5.91 Å². The molecule has 0 aliphatic carbocycles. The molecule has 1 amide bonds. The van der Waals surface area contributed by atoms with Gasteiger partial charge in [-0.25, -0.2) is 0 Å². The fourth-order valence-corrected chi connectivity index (χ4v) is 1.95. The number of carbonyl (C=O) groups is 1. The van der Waals surface area contributed by atoms with E-state index in [0.29, 0.717) is 11.5 Å². The SMILES string of the molecule is Cc1cc(C(=O)Nc2ccc(N)cc2C(F)(F)F)c(C)o1.